The molecule has 7 nitrogen and oxygen atoms in total. The number of amides is 2. The van der Waals surface area contributed by atoms with Gasteiger partial charge in [0, 0.05) is 48.9 Å². The third-order valence-electron chi connectivity index (χ3n) is 5.65. The van der Waals surface area contributed by atoms with Crippen LogP contribution < -0.4 is 10.2 Å². The van der Waals surface area contributed by atoms with E-state index in [1.54, 1.807) is 30.3 Å². The summed E-state index contributed by atoms with van der Waals surface area (Å²) in [7, 11) is 0. The van der Waals surface area contributed by atoms with Gasteiger partial charge in [0.15, 0.2) is 5.16 Å². The summed E-state index contributed by atoms with van der Waals surface area (Å²) in [6.45, 7) is 6.68. The number of nitrogens with one attached hydrogen (secondary N) is 1. The van der Waals surface area contributed by atoms with Gasteiger partial charge in [0.2, 0.25) is 5.91 Å². The number of piperazine rings is 1. The van der Waals surface area contributed by atoms with Crippen molar-refractivity contribution < 1.29 is 9.59 Å². The van der Waals surface area contributed by atoms with Crippen molar-refractivity contribution >= 4 is 52.6 Å². The number of benzene rings is 1. The van der Waals surface area contributed by atoms with Gasteiger partial charge in [0.05, 0.1) is 5.75 Å². The lowest BCUT2D eigenvalue weighted by molar-refractivity contribution is -0.118. The smallest absolute Gasteiger partial charge is 0.254 e. The van der Waals surface area contributed by atoms with Crippen molar-refractivity contribution in [2.24, 2.45) is 0 Å². The van der Waals surface area contributed by atoms with Crippen molar-refractivity contribution in [3.63, 3.8) is 0 Å². The Bertz CT molecular complexity index is 976. The fourth-order valence-corrected chi connectivity index (χ4v) is 4.84. The Labute approximate surface area is 215 Å². The van der Waals surface area contributed by atoms with Crippen molar-refractivity contribution in [3.8, 4) is 0 Å². The Kier molecular flexibility index (Phi) is 10.3. The minimum Gasteiger partial charge on any atom is -0.355 e. The first kappa shape index (κ1) is 26.6. The molecule has 2 amide bonds. The zero-order valence-electron chi connectivity index (χ0n) is 19.6. The van der Waals surface area contributed by atoms with Crippen molar-refractivity contribution in [3.05, 3.63) is 46.1 Å². The zero-order chi connectivity index (χ0) is 24.5. The van der Waals surface area contributed by atoms with Gasteiger partial charge in [-0.15, -0.1) is 0 Å². The predicted octanol–water partition coefficient (Wildman–Crippen LogP) is 4.92. The molecule has 1 unspecified atom stereocenters. The minimum atomic E-state index is -0.0328. The molecule has 0 spiro atoms. The number of carbonyl (C=O) groups is 2. The molecular weight excluding hydrogens is 493 g/mol. The zero-order valence-corrected chi connectivity index (χ0v) is 21.9. The van der Waals surface area contributed by atoms with Gasteiger partial charge in [-0.05, 0) is 37.6 Å². The number of unbranched alkanes of at least 4 members (excludes halogenated alkanes) is 3. The van der Waals surface area contributed by atoms with E-state index >= 15 is 0 Å². The highest BCUT2D eigenvalue weighted by atomic mass is 35.5. The number of thioether (sulfide) groups is 1. The summed E-state index contributed by atoms with van der Waals surface area (Å²) in [6, 6.07) is 8.66. The summed E-state index contributed by atoms with van der Waals surface area (Å²) >= 11 is 13.5. The summed E-state index contributed by atoms with van der Waals surface area (Å²) in [5, 5.41) is 4.35. The molecule has 1 saturated heterocycles. The molecule has 2 heterocycles. The summed E-state index contributed by atoms with van der Waals surface area (Å²) in [4.78, 5) is 37.9. The van der Waals surface area contributed by atoms with Crippen LogP contribution in [0.3, 0.4) is 0 Å². The van der Waals surface area contributed by atoms with Gasteiger partial charge in [0.1, 0.15) is 11.0 Å². The molecule has 1 aromatic carbocycles. The Hall–Kier alpha value is -2.03. The summed E-state index contributed by atoms with van der Waals surface area (Å²) < 4.78 is 0. The molecule has 1 aliphatic heterocycles. The van der Waals surface area contributed by atoms with Gasteiger partial charge in [-0.3, -0.25) is 9.59 Å². The molecule has 1 N–H and O–H groups in total. The van der Waals surface area contributed by atoms with E-state index in [1.165, 1.54) is 24.6 Å². The van der Waals surface area contributed by atoms with Crippen molar-refractivity contribution in [1.29, 1.82) is 0 Å². The number of rotatable bonds is 10. The van der Waals surface area contributed by atoms with Gasteiger partial charge >= 0.3 is 0 Å². The number of halogens is 2. The van der Waals surface area contributed by atoms with E-state index < -0.39 is 0 Å². The third kappa shape index (κ3) is 7.75. The van der Waals surface area contributed by atoms with Crippen LogP contribution in [-0.4, -0.2) is 64.7 Å². The Balaban J connectivity index is 1.55. The molecular formula is C24H31Cl2N5O2S. The van der Waals surface area contributed by atoms with Crippen molar-refractivity contribution in [1.82, 2.24) is 20.2 Å². The lowest BCUT2D eigenvalue weighted by Crippen LogP contribution is -2.54. The molecule has 184 valence electrons. The van der Waals surface area contributed by atoms with Gasteiger partial charge < -0.3 is 15.1 Å². The first-order valence-electron chi connectivity index (χ1n) is 11.6. The maximum Gasteiger partial charge on any atom is 0.254 e. The first-order valence-corrected chi connectivity index (χ1v) is 13.4. The average Bonchev–Trinajstić information content (AvgIpc) is 2.82. The Morgan fingerprint density at radius 3 is 2.59 bits per heavy atom. The molecule has 10 heteroatoms. The van der Waals surface area contributed by atoms with Crippen LogP contribution in [0.15, 0.2) is 35.5 Å². The number of aromatic nitrogens is 2. The fraction of sp³-hybridized carbons (Fsp3) is 0.500. The van der Waals surface area contributed by atoms with Crippen LogP contribution in [0.1, 0.15) is 49.9 Å². The molecule has 2 aromatic rings. The number of nitrogens with zero attached hydrogens (tertiary/aromatic N) is 4. The number of carbonyl (C=O) groups excluding carboxylic acids is 2. The predicted molar refractivity (Wildman–Crippen MR) is 139 cm³/mol. The van der Waals surface area contributed by atoms with Crippen LogP contribution in [-0.2, 0) is 4.79 Å². The Morgan fingerprint density at radius 2 is 1.88 bits per heavy atom. The van der Waals surface area contributed by atoms with E-state index in [4.69, 9.17) is 23.2 Å². The Morgan fingerprint density at radius 1 is 1.12 bits per heavy atom. The quantitative estimate of drug-likeness (QED) is 0.206. The lowest BCUT2D eigenvalue weighted by Gasteiger charge is -2.40. The molecule has 0 saturated carbocycles. The third-order valence-corrected chi connectivity index (χ3v) is 6.94. The second-order valence-electron chi connectivity index (χ2n) is 8.33. The maximum absolute atomic E-state index is 12.9. The summed E-state index contributed by atoms with van der Waals surface area (Å²) in [5.41, 5.74) is 0.622. The molecule has 1 aromatic heterocycles. The van der Waals surface area contributed by atoms with E-state index in [0.29, 0.717) is 52.9 Å². The van der Waals surface area contributed by atoms with Gasteiger partial charge in [-0.1, -0.05) is 61.1 Å². The van der Waals surface area contributed by atoms with E-state index in [1.807, 2.05) is 11.8 Å². The minimum absolute atomic E-state index is 0.0125. The standard InChI is InChI=1S/C24H31Cl2N5O2S/c1-3-4-5-6-11-27-22(32)16-34-24-28-20(26)14-21(29-24)30-12-13-31(17(2)15-30)23(33)18-7-9-19(25)10-8-18/h7-10,14,17H,3-6,11-13,15-16H2,1-2H3,(H,27,32). The van der Waals surface area contributed by atoms with Gasteiger partial charge in [-0.2, -0.15) is 0 Å². The highest BCUT2D eigenvalue weighted by Crippen LogP contribution is 2.25. The highest BCUT2D eigenvalue weighted by molar-refractivity contribution is 7.99. The van der Waals surface area contributed by atoms with Crippen molar-refractivity contribution in [2.75, 3.05) is 36.8 Å². The molecule has 0 radical (unpaired) electrons. The summed E-state index contributed by atoms with van der Waals surface area (Å²) in [6.07, 6.45) is 4.48. The van der Waals surface area contributed by atoms with Crippen LogP contribution >= 0.6 is 35.0 Å². The molecule has 34 heavy (non-hydrogen) atoms. The van der Waals surface area contributed by atoms with Crippen LogP contribution in [0.5, 0.6) is 0 Å². The van der Waals surface area contributed by atoms with Crippen LogP contribution in [0, 0.1) is 0 Å². The second-order valence-corrected chi connectivity index (χ2v) is 10.1. The average molecular weight is 525 g/mol. The molecule has 0 aliphatic carbocycles. The monoisotopic (exact) mass is 523 g/mol. The van der Waals surface area contributed by atoms with Crippen LogP contribution in [0.4, 0.5) is 5.82 Å². The molecule has 0 bridgehead atoms. The number of hydrogen-bond donors (Lipinski definition) is 1. The first-order chi connectivity index (χ1) is 16.4. The largest absolute Gasteiger partial charge is 0.355 e. The maximum atomic E-state index is 12.9. The molecule has 1 aliphatic rings. The van der Waals surface area contributed by atoms with E-state index in [0.717, 1.165) is 12.8 Å². The normalized spacial score (nSPS) is 15.9. The van der Waals surface area contributed by atoms with E-state index in [-0.39, 0.29) is 23.6 Å². The van der Waals surface area contributed by atoms with Crippen LogP contribution in [0.25, 0.3) is 0 Å². The van der Waals surface area contributed by atoms with Gasteiger partial charge in [0.25, 0.3) is 5.91 Å². The van der Waals surface area contributed by atoms with E-state index in [9.17, 15) is 9.59 Å². The lowest BCUT2D eigenvalue weighted by atomic mass is 10.1. The molecule has 1 atom stereocenters. The van der Waals surface area contributed by atoms with Crippen molar-refractivity contribution in [2.45, 2.75) is 50.7 Å². The fourth-order valence-electron chi connectivity index (χ4n) is 3.80. The highest BCUT2D eigenvalue weighted by Gasteiger charge is 2.29. The van der Waals surface area contributed by atoms with Crippen LogP contribution in [0.2, 0.25) is 10.2 Å². The number of hydrogen-bond acceptors (Lipinski definition) is 6. The summed E-state index contributed by atoms with van der Waals surface area (Å²) in [5.74, 6) is 0.900. The van der Waals surface area contributed by atoms with Gasteiger partial charge in [-0.25, -0.2) is 9.97 Å². The molecule has 1 fully saturated rings. The SMILES string of the molecule is CCCCCCNC(=O)CSc1nc(Cl)cc(N2CCN(C(=O)c3ccc(Cl)cc3)C(C)C2)n1. The number of anilines is 1. The second kappa shape index (κ2) is 13.2. The topological polar surface area (TPSA) is 78.4 Å². The molecule has 3 rings (SSSR count). The van der Waals surface area contributed by atoms with E-state index in [2.05, 4.69) is 27.1 Å².